The van der Waals surface area contributed by atoms with Gasteiger partial charge >= 0.3 is 5.97 Å². The van der Waals surface area contributed by atoms with Crippen LogP contribution in [0.5, 0.6) is 0 Å². The topological polar surface area (TPSA) is 101 Å². The number of nitrogens with two attached hydrogens (primary N) is 1. The van der Waals surface area contributed by atoms with E-state index in [4.69, 9.17) is 10.8 Å². The third-order valence-corrected chi connectivity index (χ3v) is 6.78. The van der Waals surface area contributed by atoms with Crippen LogP contribution >= 0.6 is 11.8 Å². The molecule has 0 spiro atoms. The maximum absolute atomic E-state index is 12.3. The molecule has 6 nitrogen and oxygen atoms in total. The first-order chi connectivity index (χ1) is 9.86. The van der Waals surface area contributed by atoms with Gasteiger partial charge in [-0.15, -0.1) is 0 Å². The summed E-state index contributed by atoms with van der Waals surface area (Å²) in [5.74, 6) is 0.240. The van der Waals surface area contributed by atoms with E-state index in [1.165, 1.54) is 18.2 Å². The van der Waals surface area contributed by atoms with E-state index in [0.29, 0.717) is 23.7 Å². The molecule has 1 aromatic carbocycles. The number of hydrogen-bond acceptors (Lipinski definition) is 6. The minimum absolute atomic E-state index is 0.0489. The van der Waals surface area contributed by atoms with Crippen LogP contribution in [0.1, 0.15) is 17.3 Å². The molecule has 21 heavy (non-hydrogen) atoms. The Labute approximate surface area is 128 Å². The lowest BCUT2D eigenvalue weighted by Crippen LogP contribution is -2.48. The molecule has 0 bridgehead atoms. The van der Waals surface area contributed by atoms with E-state index in [1.807, 2.05) is 0 Å². The summed E-state index contributed by atoms with van der Waals surface area (Å²) in [4.78, 5) is 12.8. The smallest absolute Gasteiger partial charge is 0.335 e. The maximum Gasteiger partial charge on any atom is 0.335 e. The average Bonchev–Trinajstić information content (AvgIpc) is 2.47. The molecule has 3 N–H and O–H groups in total. The van der Waals surface area contributed by atoms with E-state index in [-0.39, 0.29) is 11.3 Å². The standard InChI is InChI=1S/C13H18N2O4S2/c1-2-21(18,19)12-8-20-6-5-15(12)11-7-9(13(16)17)3-4-10(11)14/h3-4,7,12H,2,5-6,8,14H2,1H3,(H,16,17). The van der Waals surface area contributed by atoms with Gasteiger partial charge in [-0.05, 0) is 18.2 Å². The van der Waals surface area contributed by atoms with Crippen LogP contribution in [-0.4, -0.2) is 48.7 Å². The van der Waals surface area contributed by atoms with Gasteiger partial charge in [0.25, 0.3) is 0 Å². The van der Waals surface area contributed by atoms with Crippen molar-refractivity contribution in [2.75, 3.05) is 34.4 Å². The highest BCUT2D eigenvalue weighted by Crippen LogP contribution is 2.32. The third-order valence-electron chi connectivity index (χ3n) is 3.49. The quantitative estimate of drug-likeness (QED) is 0.802. The maximum atomic E-state index is 12.3. The predicted molar refractivity (Wildman–Crippen MR) is 85.7 cm³/mol. The number of carboxylic acids is 1. The molecule has 1 aliphatic heterocycles. The Morgan fingerprint density at radius 3 is 2.86 bits per heavy atom. The highest BCUT2D eigenvalue weighted by Gasteiger charge is 2.34. The summed E-state index contributed by atoms with van der Waals surface area (Å²) in [6, 6.07) is 4.38. The van der Waals surface area contributed by atoms with Gasteiger partial charge in [-0.25, -0.2) is 13.2 Å². The van der Waals surface area contributed by atoms with Crippen molar-refractivity contribution in [2.24, 2.45) is 0 Å². The monoisotopic (exact) mass is 330 g/mol. The Morgan fingerprint density at radius 1 is 1.52 bits per heavy atom. The Balaban J connectivity index is 2.47. The summed E-state index contributed by atoms with van der Waals surface area (Å²) in [6.07, 6.45) is 0. The van der Waals surface area contributed by atoms with Crippen molar-refractivity contribution in [1.82, 2.24) is 0 Å². The van der Waals surface area contributed by atoms with Crippen molar-refractivity contribution in [2.45, 2.75) is 12.3 Å². The molecule has 0 amide bonds. The van der Waals surface area contributed by atoms with Crippen molar-refractivity contribution < 1.29 is 18.3 Å². The number of hydrogen-bond donors (Lipinski definition) is 2. The predicted octanol–water partition coefficient (Wildman–Crippen LogP) is 1.28. The number of thioether (sulfide) groups is 1. The van der Waals surface area contributed by atoms with Crippen LogP contribution < -0.4 is 10.6 Å². The third kappa shape index (κ3) is 3.26. The van der Waals surface area contributed by atoms with Crippen LogP contribution in [0.15, 0.2) is 18.2 Å². The molecule has 1 saturated heterocycles. The lowest BCUT2D eigenvalue weighted by Gasteiger charge is -2.37. The lowest BCUT2D eigenvalue weighted by molar-refractivity contribution is 0.0697. The van der Waals surface area contributed by atoms with E-state index < -0.39 is 21.2 Å². The van der Waals surface area contributed by atoms with Crippen LogP contribution in [0.4, 0.5) is 11.4 Å². The molecular weight excluding hydrogens is 312 g/mol. The second kappa shape index (κ2) is 6.15. The van der Waals surface area contributed by atoms with Gasteiger partial charge in [-0.1, -0.05) is 6.92 Å². The normalized spacial score (nSPS) is 19.5. The number of benzene rings is 1. The number of rotatable bonds is 4. The van der Waals surface area contributed by atoms with Crippen molar-refractivity contribution in [3.05, 3.63) is 23.8 Å². The molecule has 0 saturated carbocycles. The molecule has 116 valence electrons. The Kier molecular flexibility index (Phi) is 4.67. The zero-order chi connectivity index (χ0) is 15.6. The van der Waals surface area contributed by atoms with Gasteiger partial charge in [0.05, 0.1) is 16.9 Å². The zero-order valence-electron chi connectivity index (χ0n) is 11.7. The van der Waals surface area contributed by atoms with Crippen LogP contribution in [0, 0.1) is 0 Å². The number of carbonyl (C=O) groups is 1. The second-order valence-electron chi connectivity index (χ2n) is 4.75. The zero-order valence-corrected chi connectivity index (χ0v) is 13.3. The van der Waals surface area contributed by atoms with E-state index in [1.54, 1.807) is 23.6 Å². The Morgan fingerprint density at radius 2 is 2.24 bits per heavy atom. The number of nitrogens with zero attached hydrogens (tertiary/aromatic N) is 1. The first-order valence-electron chi connectivity index (χ1n) is 6.55. The number of anilines is 2. The van der Waals surface area contributed by atoms with Crippen molar-refractivity contribution in [3.8, 4) is 0 Å². The summed E-state index contributed by atoms with van der Waals surface area (Å²) in [5.41, 5.74) is 6.91. The Hall–Kier alpha value is -1.41. The first kappa shape index (κ1) is 16.0. The van der Waals surface area contributed by atoms with Gasteiger partial charge in [0.2, 0.25) is 0 Å². The fourth-order valence-electron chi connectivity index (χ4n) is 2.27. The molecule has 1 heterocycles. The van der Waals surface area contributed by atoms with Crippen molar-refractivity contribution in [3.63, 3.8) is 0 Å². The minimum atomic E-state index is -3.27. The number of carboxylic acid groups (broad SMARTS) is 1. The van der Waals surface area contributed by atoms with E-state index >= 15 is 0 Å². The molecule has 0 radical (unpaired) electrons. The number of nitrogen functional groups attached to an aromatic ring is 1. The van der Waals surface area contributed by atoms with E-state index in [0.717, 1.165) is 5.75 Å². The molecule has 8 heteroatoms. The summed E-state index contributed by atoms with van der Waals surface area (Å²) in [5, 5.41) is 8.43. The Bertz CT molecular complexity index is 646. The van der Waals surface area contributed by atoms with Crippen molar-refractivity contribution in [1.29, 1.82) is 0 Å². The largest absolute Gasteiger partial charge is 0.478 e. The fraction of sp³-hybridized carbons (Fsp3) is 0.462. The van der Waals surface area contributed by atoms with Crippen LogP contribution in [0.25, 0.3) is 0 Å². The van der Waals surface area contributed by atoms with Crippen molar-refractivity contribution >= 4 is 38.9 Å². The molecule has 2 rings (SSSR count). The van der Waals surface area contributed by atoms with E-state index in [9.17, 15) is 13.2 Å². The molecular formula is C13H18N2O4S2. The number of aromatic carboxylic acids is 1. The average molecular weight is 330 g/mol. The lowest BCUT2D eigenvalue weighted by atomic mass is 10.1. The molecule has 1 unspecified atom stereocenters. The van der Waals surface area contributed by atoms with E-state index in [2.05, 4.69) is 0 Å². The molecule has 1 aromatic rings. The summed E-state index contributed by atoms with van der Waals surface area (Å²) in [6.45, 7) is 2.14. The highest BCUT2D eigenvalue weighted by atomic mass is 32.2. The summed E-state index contributed by atoms with van der Waals surface area (Å²) < 4.78 is 24.5. The summed E-state index contributed by atoms with van der Waals surface area (Å²) >= 11 is 1.58. The van der Waals surface area contributed by atoms with Gasteiger partial charge < -0.3 is 15.7 Å². The van der Waals surface area contributed by atoms with Crippen LogP contribution in [-0.2, 0) is 9.84 Å². The molecule has 0 aliphatic carbocycles. The highest BCUT2D eigenvalue weighted by molar-refractivity contribution is 8.01. The van der Waals surface area contributed by atoms with Crippen LogP contribution in [0.3, 0.4) is 0 Å². The van der Waals surface area contributed by atoms with Gasteiger partial charge in [0, 0.05) is 23.8 Å². The van der Waals surface area contributed by atoms with Gasteiger partial charge in [0.15, 0.2) is 9.84 Å². The van der Waals surface area contributed by atoms with Gasteiger partial charge in [-0.3, -0.25) is 0 Å². The fourth-order valence-corrected chi connectivity index (χ4v) is 5.26. The molecule has 1 fully saturated rings. The second-order valence-corrected chi connectivity index (χ2v) is 8.35. The van der Waals surface area contributed by atoms with Crippen LogP contribution in [0.2, 0.25) is 0 Å². The molecule has 0 aromatic heterocycles. The molecule has 1 atom stereocenters. The minimum Gasteiger partial charge on any atom is -0.478 e. The summed E-state index contributed by atoms with van der Waals surface area (Å²) in [7, 11) is -3.27. The first-order valence-corrected chi connectivity index (χ1v) is 9.42. The van der Waals surface area contributed by atoms with Gasteiger partial charge in [-0.2, -0.15) is 11.8 Å². The van der Waals surface area contributed by atoms with Gasteiger partial charge in [0.1, 0.15) is 5.37 Å². The number of sulfone groups is 1. The molecule has 1 aliphatic rings. The SMILES string of the molecule is CCS(=O)(=O)C1CSCCN1c1cc(C(=O)O)ccc1N.